The molecule has 0 unspecified atom stereocenters. The molecule has 6 N–H and O–H groups in total. The van der Waals surface area contributed by atoms with Crippen LogP contribution in [0.25, 0.3) is 21.8 Å². The number of pyridine rings is 1. The number of carbonyl (C=O) groups excluding carboxylic acids is 5. The van der Waals surface area contributed by atoms with Crippen LogP contribution < -0.4 is 31.3 Å². The molecular formula is C55H64N14O7S. The van der Waals surface area contributed by atoms with Crippen molar-refractivity contribution >= 4 is 63.9 Å². The summed E-state index contributed by atoms with van der Waals surface area (Å²) in [6, 6.07) is 16.4. The second-order valence-electron chi connectivity index (χ2n) is 20.2. The van der Waals surface area contributed by atoms with E-state index in [0.29, 0.717) is 71.6 Å². The van der Waals surface area contributed by atoms with Crippen LogP contribution in [0.1, 0.15) is 93.2 Å². The van der Waals surface area contributed by atoms with Crippen molar-refractivity contribution < 1.29 is 33.8 Å². The fourth-order valence-electron chi connectivity index (χ4n) is 9.07. The molecule has 4 aromatic heterocycles. The second-order valence-corrected chi connectivity index (χ2v) is 21.1. The number of nitrogens with zero attached hydrogens (tertiary/aromatic N) is 9. The fourth-order valence-corrected chi connectivity index (χ4v) is 9.89. The number of likely N-dealkylation sites (tertiary alicyclic amines) is 2. The summed E-state index contributed by atoms with van der Waals surface area (Å²) in [4.78, 5) is 84.4. The smallest absolute Gasteiger partial charge is 0.273 e. The van der Waals surface area contributed by atoms with Crippen molar-refractivity contribution in [2.75, 3.05) is 44.4 Å². The number of carbonyl (C=O) groups is 5. The lowest BCUT2D eigenvalue weighted by Crippen LogP contribution is -2.57. The summed E-state index contributed by atoms with van der Waals surface area (Å²) in [7, 11) is 4.82. The summed E-state index contributed by atoms with van der Waals surface area (Å²) >= 11 is 1.57. The monoisotopic (exact) mass is 1060 g/mol. The first kappa shape index (κ1) is 55.0. The Morgan fingerprint density at radius 2 is 1.68 bits per heavy atom. The summed E-state index contributed by atoms with van der Waals surface area (Å²) in [6.45, 7) is 10.3. The second kappa shape index (κ2) is 24.1. The SMILES string of the molecule is CNC(=O)c1nnc(Nc2ccc(C#CC3CN(C(=O)CCCCC(=O)N[C@H](C(=O)N4C[C@H](O)C[C@H]4C(=O)N[C@@H](C)c4ccc(-c5scnc5C)cc4)C(C)(C)C)C3)cn2)cc1Nc1cccc(-c2ncn(C)n2)c1OC. The van der Waals surface area contributed by atoms with Gasteiger partial charge in [-0.1, -0.05) is 62.9 Å². The van der Waals surface area contributed by atoms with E-state index in [1.807, 2.05) is 82.6 Å². The molecule has 0 spiro atoms. The molecule has 0 bridgehead atoms. The van der Waals surface area contributed by atoms with Crippen LogP contribution in [0.15, 0.2) is 78.7 Å². The average molecular weight is 1070 g/mol. The van der Waals surface area contributed by atoms with Crippen LogP contribution in [-0.2, 0) is 26.2 Å². The van der Waals surface area contributed by atoms with Crippen molar-refractivity contribution in [2.24, 2.45) is 18.4 Å². The largest absolute Gasteiger partial charge is 0.494 e. The van der Waals surface area contributed by atoms with Crippen molar-refractivity contribution in [3.63, 3.8) is 0 Å². The van der Waals surface area contributed by atoms with Gasteiger partial charge in [0.15, 0.2) is 23.1 Å². The maximum Gasteiger partial charge on any atom is 0.273 e. The number of hydrogen-bond donors (Lipinski definition) is 6. The Bertz CT molecular complexity index is 3170. The van der Waals surface area contributed by atoms with Crippen molar-refractivity contribution in [1.82, 2.24) is 60.7 Å². The van der Waals surface area contributed by atoms with Crippen molar-refractivity contribution in [1.29, 1.82) is 0 Å². The third-order valence-corrected chi connectivity index (χ3v) is 14.3. The molecule has 0 radical (unpaired) electrons. The van der Waals surface area contributed by atoms with Gasteiger partial charge in [0.05, 0.1) is 58.2 Å². The molecule has 21 nitrogen and oxygen atoms in total. The number of para-hydroxylation sites is 1. The summed E-state index contributed by atoms with van der Waals surface area (Å²) < 4.78 is 7.34. The molecule has 2 fully saturated rings. The molecule has 77 heavy (non-hydrogen) atoms. The lowest BCUT2D eigenvalue weighted by Gasteiger charge is -2.36. The third-order valence-electron chi connectivity index (χ3n) is 13.3. The van der Waals surface area contributed by atoms with E-state index < -0.39 is 35.4 Å². The van der Waals surface area contributed by atoms with Crippen LogP contribution in [0.5, 0.6) is 5.75 Å². The minimum Gasteiger partial charge on any atom is -0.494 e. The molecule has 2 aromatic carbocycles. The number of methoxy groups -OCH3 is 1. The molecule has 5 amide bonds. The van der Waals surface area contributed by atoms with E-state index in [0.717, 1.165) is 21.7 Å². The van der Waals surface area contributed by atoms with Gasteiger partial charge in [0, 0.05) is 70.8 Å². The number of hydrogen-bond acceptors (Lipinski definition) is 16. The van der Waals surface area contributed by atoms with Gasteiger partial charge in [-0.2, -0.15) is 5.10 Å². The zero-order chi connectivity index (χ0) is 55.0. The maximum absolute atomic E-state index is 14.1. The zero-order valence-corrected chi connectivity index (χ0v) is 45.2. The normalized spacial score (nSPS) is 16.1. The molecule has 2 aliphatic rings. The maximum atomic E-state index is 14.1. The number of rotatable bonds is 18. The highest BCUT2D eigenvalue weighted by Gasteiger charge is 2.45. The van der Waals surface area contributed by atoms with Gasteiger partial charge in [-0.25, -0.2) is 15.0 Å². The van der Waals surface area contributed by atoms with Gasteiger partial charge in [-0.3, -0.25) is 28.7 Å². The molecule has 2 saturated heterocycles. The molecule has 2 aliphatic heterocycles. The Labute approximate surface area is 451 Å². The predicted octanol–water partition coefficient (Wildman–Crippen LogP) is 5.69. The topological polar surface area (TPSA) is 264 Å². The number of unbranched alkanes of at least 4 members (excludes halogenated alkanes) is 1. The van der Waals surface area contributed by atoms with Gasteiger partial charge in [-0.15, -0.1) is 21.5 Å². The number of thiazole rings is 1. The molecule has 6 aromatic rings. The Balaban J connectivity index is 0.775. The highest BCUT2D eigenvalue weighted by molar-refractivity contribution is 7.13. The van der Waals surface area contributed by atoms with E-state index in [2.05, 4.69) is 68.7 Å². The molecular weight excluding hydrogens is 1000 g/mol. The van der Waals surface area contributed by atoms with Gasteiger partial charge in [-0.05, 0) is 67.5 Å². The van der Waals surface area contributed by atoms with Crippen molar-refractivity contribution in [2.45, 2.75) is 91.0 Å². The van der Waals surface area contributed by atoms with E-state index in [-0.39, 0.29) is 61.2 Å². The van der Waals surface area contributed by atoms with Crippen LogP contribution >= 0.6 is 11.3 Å². The first-order valence-electron chi connectivity index (χ1n) is 25.4. The zero-order valence-electron chi connectivity index (χ0n) is 44.4. The fraction of sp³-hybridized carbons (Fsp3) is 0.400. The quantitative estimate of drug-likeness (QED) is 0.0446. The summed E-state index contributed by atoms with van der Waals surface area (Å²) in [6.07, 6.45) is 3.72. The molecule has 22 heteroatoms. The number of aryl methyl sites for hydroxylation is 2. The van der Waals surface area contributed by atoms with Crippen molar-refractivity contribution in [3.8, 4) is 39.4 Å². The third kappa shape index (κ3) is 13.4. The number of aliphatic hydroxyl groups excluding tert-OH is 1. The number of ether oxygens (including phenoxy) is 1. The van der Waals surface area contributed by atoms with E-state index in [1.165, 1.54) is 19.1 Å². The van der Waals surface area contributed by atoms with Crippen LogP contribution in [0.4, 0.5) is 23.0 Å². The van der Waals surface area contributed by atoms with E-state index in [4.69, 9.17) is 4.74 Å². The van der Waals surface area contributed by atoms with Crippen LogP contribution in [0.3, 0.4) is 0 Å². The van der Waals surface area contributed by atoms with E-state index in [9.17, 15) is 29.1 Å². The highest BCUT2D eigenvalue weighted by Crippen LogP contribution is 2.37. The average Bonchev–Trinajstić information content (AvgIpc) is 4.16. The molecule has 402 valence electrons. The number of aliphatic hydroxyl groups is 1. The van der Waals surface area contributed by atoms with Gasteiger partial charge in [0.25, 0.3) is 5.91 Å². The number of anilines is 4. The number of amides is 5. The molecule has 0 saturated carbocycles. The van der Waals surface area contributed by atoms with Gasteiger partial charge in [0.2, 0.25) is 23.6 Å². The van der Waals surface area contributed by atoms with Gasteiger partial charge >= 0.3 is 0 Å². The summed E-state index contributed by atoms with van der Waals surface area (Å²) in [5.74, 6) is 6.50. The van der Waals surface area contributed by atoms with Crippen LogP contribution in [0, 0.1) is 30.1 Å². The minimum atomic E-state index is -0.952. The first-order chi connectivity index (χ1) is 36.9. The Hall–Kier alpha value is -8.29. The summed E-state index contributed by atoms with van der Waals surface area (Å²) in [5, 5.41) is 38.4. The van der Waals surface area contributed by atoms with Crippen LogP contribution in [0.2, 0.25) is 0 Å². The summed E-state index contributed by atoms with van der Waals surface area (Å²) in [5.41, 5.74) is 6.30. The predicted molar refractivity (Wildman–Crippen MR) is 291 cm³/mol. The Morgan fingerprint density at radius 3 is 2.34 bits per heavy atom. The van der Waals surface area contributed by atoms with E-state index >= 15 is 0 Å². The molecule has 4 atom stereocenters. The molecule has 6 heterocycles. The number of β-amino-alcohol motifs (C(OH)–C–C–N with tert-alkyl or cyclic N) is 1. The Morgan fingerprint density at radius 1 is 0.909 bits per heavy atom. The van der Waals surface area contributed by atoms with Gasteiger partial charge < -0.3 is 46.2 Å². The lowest BCUT2D eigenvalue weighted by atomic mass is 9.85. The minimum absolute atomic E-state index is 0.00336. The lowest BCUT2D eigenvalue weighted by molar-refractivity contribution is -0.144. The van der Waals surface area contributed by atoms with Crippen molar-refractivity contribution in [3.05, 3.63) is 101 Å². The standard InChI is InChI=1S/C55H64N14O7S/c1-32(36-19-21-37(22-20-36)49-33(2)59-31-77-49)60-52(73)42-24-38(70)29-69(42)54(75)50(55(3,4)5)63-45(71)14-9-10-15-46(72)68-27-35(28-68)17-16-34-18-23-43(57-26-34)62-44-25-41(47(65-64-44)53(74)56-6)61-40-13-11-12-39(48(40)76-8)51-58-30-67(7)66-51/h11-13,18-23,25-26,30-32,35,38,42,50,70H,9-10,14-15,24,27-29H2,1-8H3,(H,56,74)(H,60,73)(H,63,71)(H2,57,61,62,64)/t32-,38+,42-,50+/m0/s1. The van der Waals surface area contributed by atoms with Crippen LogP contribution in [-0.4, -0.2) is 131 Å². The first-order valence-corrected chi connectivity index (χ1v) is 26.3. The van der Waals surface area contributed by atoms with E-state index in [1.54, 1.807) is 58.7 Å². The van der Waals surface area contributed by atoms with Gasteiger partial charge in [0.1, 0.15) is 24.2 Å². The number of nitrogens with one attached hydrogen (secondary N) is 5. The molecule has 8 rings (SSSR count). The number of aromatic nitrogens is 7. The Kier molecular flexibility index (Phi) is 17.2. The number of benzene rings is 2. The highest BCUT2D eigenvalue weighted by atomic mass is 32.1. The molecule has 0 aliphatic carbocycles.